The third-order valence-electron chi connectivity index (χ3n) is 10.3. The normalized spacial score (nSPS) is 17.5. The first-order valence-electron chi connectivity index (χ1n) is 16.1. The fraction of sp³-hybridized carbons (Fsp3) is 0.200. The van der Waals surface area contributed by atoms with Gasteiger partial charge in [-0.3, -0.25) is 0 Å². The van der Waals surface area contributed by atoms with Crippen LogP contribution in [0.4, 0.5) is 11.4 Å². The summed E-state index contributed by atoms with van der Waals surface area (Å²) in [5.74, 6) is 0. The van der Waals surface area contributed by atoms with E-state index in [1.165, 1.54) is 87.2 Å². The highest BCUT2D eigenvalue weighted by Crippen LogP contribution is 2.48. The molecular weight excluding hydrogens is 601 g/mol. The van der Waals surface area contributed by atoms with Gasteiger partial charge in [-0.1, -0.05) is 47.8 Å². The van der Waals surface area contributed by atoms with Crippen molar-refractivity contribution in [1.82, 2.24) is 0 Å². The Kier molecular flexibility index (Phi) is 6.48. The monoisotopic (exact) mass is 636 g/mol. The zero-order chi connectivity index (χ0) is 31.1. The number of nitrogens with zero attached hydrogens (tertiary/aromatic N) is 4. The molecule has 0 fully saturated rings. The predicted molar refractivity (Wildman–Crippen MR) is 192 cm³/mol. The minimum atomic E-state index is 0.985. The maximum atomic E-state index is 2.56. The topological polar surface area (TPSA) is 14.2 Å². The van der Waals surface area contributed by atoms with Crippen LogP contribution in [0.5, 0.6) is 0 Å². The molecule has 4 aliphatic heterocycles. The predicted octanol–water partition coefficient (Wildman–Crippen LogP) is 8.41. The lowest BCUT2D eigenvalue weighted by Crippen LogP contribution is -2.45. The number of benzene rings is 3. The quantitative estimate of drug-likeness (QED) is 0.181. The fourth-order valence-electron chi connectivity index (χ4n) is 7.73. The van der Waals surface area contributed by atoms with Crippen molar-refractivity contribution < 1.29 is 9.13 Å². The van der Waals surface area contributed by atoms with Crippen molar-refractivity contribution >= 4 is 47.1 Å². The molecule has 9 rings (SSSR count). The highest BCUT2D eigenvalue weighted by atomic mass is 32.2. The van der Waals surface area contributed by atoms with E-state index < -0.39 is 0 Å². The summed E-state index contributed by atoms with van der Waals surface area (Å²) >= 11 is 3.72. The number of anilines is 2. The SMILES string of the molecule is Cc1c(C)c2c(c3c1CC[n+]1ccc(/C=C4\Sc5ccccc5N4C)cc1-3)-c1cccc(/C=C3\Sc4ccccc4N3C)[n+]1CC2. The van der Waals surface area contributed by atoms with Gasteiger partial charge in [0.25, 0.3) is 0 Å². The van der Waals surface area contributed by atoms with E-state index in [-0.39, 0.29) is 0 Å². The Morgan fingerprint density at radius 3 is 1.93 bits per heavy atom. The smallest absolute Gasteiger partial charge is 0.214 e. The summed E-state index contributed by atoms with van der Waals surface area (Å²) in [4.78, 5) is 7.28. The molecule has 226 valence electrons. The Hall–Kier alpha value is -4.26. The number of aryl methyl sites for hydroxylation is 1. The minimum Gasteiger partial charge on any atom is -0.338 e. The number of fused-ring (bicyclic) bond motifs is 9. The molecule has 0 radical (unpaired) electrons. The van der Waals surface area contributed by atoms with E-state index in [1.54, 1.807) is 0 Å². The molecule has 0 saturated heterocycles. The van der Waals surface area contributed by atoms with Gasteiger partial charge >= 0.3 is 0 Å². The second-order valence-corrected chi connectivity index (χ2v) is 14.8. The average Bonchev–Trinajstić information content (AvgIpc) is 3.57. The van der Waals surface area contributed by atoms with E-state index >= 15 is 0 Å². The molecule has 0 aliphatic carbocycles. The number of aromatic nitrogens is 2. The van der Waals surface area contributed by atoms with Gasteiger partial charge in [0, 0.05) is 67.1 Å². The number of rotatable bonds is 2. The molecule has 0 bridgehead atoms. The van der Waals surface area contributed by atoms with Crippen molar-refractivity contribution in [3.05, 3.63) is 129 Å². The molecule has 4 aliphatic rings. The minimum absolute atomic E-state index is 0.985. The molecule has 0 atom stereocenters. The van der Waals surface area contributed by atoms with Crippen molar-refractivity contribution in [2.75, 3.05) is 23.9 Å². The molecule has 6 heterocycles. The summed E-state index contributed by atoms with van der Waals surface area (Å²) in [6.07, 6.45) is 9.15. The van der Waals surface area contributed by atoms with Crippen molar-refractivity contribution in [1.29, 1.82) is 0 Å². The Morgan fingerprint density at radius 1 is 0.652 bits per heavy atom. The standard InChI is InChI=1S/C40H36N4S2/c1-25-26(2)30-18-21-44-28(24-38-42(4)32-12-6-8-15-36(32)46-38)10-9-13-33(44)39(30)40-29(25)17-20-43-19-16-27(22-34(40)43)23-37-41(3)31-11-5-7-14-35(31)45-37/h5-16,19,22-24H,17-18,20-21H2,1-4H3/q+2. The maximum Gasteiger partial charge on any atom is 0.214 e. The summed E-state index contributed by atoms with van der Waals surface area (Å²) < 4.78 is 5.04. The van der Waals surface area contributed by atoms with E-state index in [1.807, 2.05) is 23.5 Å². The van der Waals surface area contributed by atoms with Crippen LogP contribution in [0.25, 0.3) is 34.7 Å². The van der Waals surface area contributed by atoms with Gasteiger partial charge in [-0.05, 0) is 78.1 Å². The lowest BCUT2D eigenvalue weighted by atomic mass is 9.79. The molecule has 5 aromatic rings. The van der Waals surface area contributed by atoms with E-state index in [0.29, 0.717) is 0 Å². The number of para-hydroxylation sites is 2. The zero-order valence-electron chi connectivity index (χ0n) is 26.7. The van der Waals surface area contributed by atoms with Crippen LogP contribution in [0.3, 0.4) is 0 Å². The summed E-state index contributed by atoms with van der Waals surface area (Å²) in [6.45, 7) is 6.70. The first-order chi connectivity index (χ1) is 22.5. The Labute approximate surface area is 279 Å². The first-order valence-corrected chi connectivity index (χ1v) is 17.8. The van der Waals surface area contributed by atoms with Gasteiger partial charge in [0.1, 0.15) is 0 Å². The van der Waals surface area contributed by atoms with Gasteiger partial charge in [-0.25, -0.2) is 0 Å². The summed E-state index contributed by atoms with van der Waals surface area (Å²) in [6, 6.07) is 29.0. The number of pyridine rings is 2. The molecule has 46 heavy (non-hydrogen) atoms. The van der Waals surface area contributed by atoms with Crippen molar-refractivity contribution in [2.45, 2.75) is 49.6 Å². The molecule has 6 heteroatoms. The van der Waals surface area contributed by atoms with Gasteiger partial charge in [0.05, 0.1) is 32.6 Å². The number of hydrogen-bond acceptors (Lipinski definition) is 4. The summed E-state index contributed by atoms with van der Waals surface area (Å²) in [5, 5.41) is 2.53. The van der Waals surface area contributed by atoms with Gasteiger partial charge in [-0.2, -0.15) is 9.13 Å². The zero-order valence-corrected chi connectivity index (χ0v) is 28.3. The third-order valence-corrected chi connectivity index (χ3v) is 12.6. The molecule has 0 unspecified atom stereocenters. The molecule has 0 amide bonds. The van der Waals surface area contributed by atoms with Crippen molar-refractivity contribution in [3.8, 4) is 22.5 Å². The molecule has 0 N–H and O–H groups in total. The second kappa shape index (κ2) is 10.6. The van der Waals surface area contributed by atoms with Crippen molar-refractivity contribution in [2.24, 2.45) is 0 Å². The van der Waals surface area contributed by atoms with E-state index in [2.05, 4.69) is 144 Å². The Bertz CT molecular complexity index is 2150. The lowest BCUT2D eigenvalue weighted by Gasteiger charge is -2.27. The average molecular weight is 637 g/mol. The first kappa shape index (κ1) is 28.0. The fourth-order valence-corrected chi connectivity index (χ4v) is 9.94. The lowest BCUT2D eigenvalue weighted by molar-refractivity contribution is -0.690. The summed E-state index contributed by atoms with van der Waals surface area (Å²) in [5.41, 5.74) is 16.6. The molecule has 2 aromatic heterocycles. The van der Waals surface area contributed by atoms with Gasteiger partial charge in [0.15, 0.2) is 19.3 Å². The largest absolute Gasteiger partial charge is 0.338 e. The molecule has 4 nitrogen and oxygen atoms in total. The second-order valence-electron chi connectivity index (χ2n) is 12.7. The van der Waals surface area contributed by atoms with Crippen LogP contribution in [0.15, 0.2) is 105 Å². The van der Waals surface area contributed by atoms with Gasteiger partial charge < -0.3 is 9.80 Å². The van der Waals surface area contributed by atoms with Gasteiger partial charge in [0.2, 0.25) is 17.1 Å². The molecule has 0 saturated carbocycles. The molecular formula is C40H36N4S2+2. The van der Waals surface area contributed by atoms with Crippen LogP contribution in [0.1, 0.15) is 33.5 Å². The van der Waals surface area contributed by atoms with Crippen LogP contribution in [0, 0.1) is 13.8 Å². The highest BCUT2D eigenvalue weighted by molar-refractivity contribution is 8.04. The molecule has 0 spiro atoms. The Balaban J connectivity index is 1.19. The van der Waals surface area contributed by atoms with E-state index in [9.17, 15) is 0 Å². The van der Waals surface area contributed by atoms with Crippen LogP contribution >= 0.6 is 23.5 Å². The maximum absolute atomic E-state index is 2.56. The van der Waals surface area contributed by atoms with E-state index in [4.69, 9.17) is 0 Å². The van der Waals surface area contributed by atoms with Crippen LogP contribution in [-0.2, 0) is 25.9 Å². The van der Waals surface area contributed by atoms with E-state index in [0.717, 1.165) is 25.9 Å². The highest BCUT2D eigenvalue weighted by Gasteiger charge is 2.37. The van der Waals surface area contributed by atoms with Crippen LogP contribution < -0.4 is 18.9 Å². The van der Waals surface area contributed by atoms with Crippen LogP contribution in [-0.4, -0.2) is 14.1 Å². The number of thioether (sulfide) groups is 2. The summed E-state index contributed by atoms with van der Waals surface area (Å²) in [7, 11) is 4.36. The van der Waals surface area contributed by atoms with Gasteiger partial charge in [-0.15, -0.1) is 0 Å². The van der Waals surface area contributed by atoms with Crippen molar-refractivity contribution in [3.63, 3.8) is 0 Å². The van der Waals surface area contributed by atoms with Crippen LogP contribution in [0.2, 0.25) is 0 Å². The number of hydrogen-bond donors (Lipinski definition) is 0. The third kappa shape index (κ3) is 4.23. The molecule has 3 aromatic carbocycles. The Morgan fingerprint density at radius 2 is 1.26 bits per heavy atom.